The zero-order valence-corrected chi connectivity index (χ0v) is 13.2. The molecule has 0 saturated heterocycles. The van der Waals surface area contributed by atoms with E-state index in [0.717, 1.165) is 23.6 Å². The number of hydrogen-bond donors (Lipinski definition) is 0. The van der Waals surface area contributed by atoms with Crippen molar-refractivity contribution in [3.63, 3.8) is 0 Å². The van der Waals surface area contributed by atoms with Crippen LogP contribution in [0.2, 0.25) is 0 Å². The highest BCUT2D eigenvalue weighted by Crippen LogP contribution is 2.17. The predicted molar refractivity (Wildman–Crippen MR) is 90.6 cm³/mol. The lowest BCUT2D eigenvalue weighted by Crippen LogP contribution is -2.11. The van der Waals surface area contributed by atoms with Gasteiger partial charge in [0.1, 0.15) is 12.0 Å². The molecule has 0 saturated carbocycles. The Hall–Kier alpha value is -2.40. The van der Waals surface area contributed by atoms with E-state index in [-0.39, 0.29) is 17.6 Å². The van der Waals surface area contributed by atoms with Crippen LogP contribution in [0.25, 0.3) is 0 Å². The smallest absolute Gasteiger partial charge is 0.200 e. The van der Waals surface area contributed by atoms with E-state index < -0.39 is 0 Å². The van der Waals surface area contributed by atoms with E-state index in [4.69, 9.17) is 4.74 Å². The number of carbonyl (C=O) groups is 3. The number of benzene rings is 2. The average Bonchev–Trinajstić information content (AvgIpc) is 2.61. The fourth-order valence-electron chi connectivity index (χ4n) is 2.01. The first-order chi connectivity index (χ1) is 11.2. The predicted octanol–water partition coefficient (Wildman–Crippen LogP) is 2.98. The third kappa shape index (κ3) is 5.38. The molecular formula is C18H16O4S. The summed E-state index contributed by atoms with van der Waals surface area (Å²) in [6, 6.07) is 16.1. The van der Waals surface area contributed by atoms with Crippen molar-refractivity contribution in [2.24, 2.45) is 0 Å². The third-order valence-electron chi connectivity index (χ3n) is 3.21. The summed E-state index contributed by atoms with van der Waals surface area (Å²) in [7, 11) is 0. The lowest BCUT2D eigenvalue weighted by molar-refractivity contribution is -0.107. The second-order valence-corrected chi connectivity index (χ2v) is 5.90. The van der Waals surface area contributed by atoms with Crippen molar-refractivity contribution in [1.82, 2.24) is 0 Å². The second-order valence-electron chi connectivity index (χ2n) is 4.83. The summed E-state index contributed by atoms with van der Waals surface area (Å²) in [5.74, 6) is 0.502. The molecule has 0 aromatic heterocycles. The first-order valence-corrected chi connectivity index (χ1v) is 8.01. The van der Waals surface area contributed by atoms with Gasteiger partial charge in [-0.15, -0.1) is 0 Å². The van der Waals surface area contributed by atoms with Crippen molar-refractivity contribution in [3.05, 3.63) is 65.7 Å². The molecule has 118 valence electrons. The molecule has 1 unspecified atom stereocenters. The SMILES string of the molecule is O=CSC(C=O)Cc1ccc(OCC(=O)c2ccccc2)cc1. The van der Waals surface area contributed by atoms with Gasteiger partial charge in [0.15, 0.2) is 18.0 Å². The van der Waals surface area contributed by atoms with Gasteiger partial charge in [-0.1, -0.05) is 54.2 Å². The standard InChI is InChI=1S/C18H16O4S/c19-11-17(23-13-20)10-14-6-8-16(9-7-14)22-12-18(21)15-4-2-1-3-5-15/h1-9,11,13,17H,10,12H2. The zero-order chi connectivity index (χ0) is 16.5. The number of Topliss-reactive ketones (excluding diaryl/α,β-unsaturated/α-hetero) is 1. The van der Waals surface area contributed by atoms with Crippen LogP contribution in [0.4, 0.5) is 0 Å². The van der Waals surface area contributed by atoms with Crippen molar-refractivity contribution in [3.8, 4) is 5.75 Å². The summed E-state index contributed by atoms with van der Waals surface area (Å²) in [4.78, 5) is 33.2. The number of aldehydes is 1. The van der Waals surface area contributed by atoms with E-state index in [1.54, 1.807) is 24.3 Å². The maximum Gasteiger partial charge on any atom is 0.200 e. The topological polar surface area (TPSA) is 60.4 Å². The van der Waals surface area contributed by atoms with Crippen molar-refractivity contribution < 1.29 is 19.1 Å². The monoisotopic (exact) mass is 328 g/mol. The maximum absolute atomic E-state index is 11.9. The van der Waals surface area contributed by atoms with Gasteiger partial charge in [-0.3, -0.25) is 9.59 Å². The van der Waals surface area contributed by atoms with Gasteiger partial charge < -0.3 is 9.53 Å². The van der Waals surface area contributed by atoms with Crippen LogP contribution < -0.4 is 4.74 Å². The highest BCUT2D eigenvalue weighted by atomic mass is 32.2. The second kappa shape index (κ2) is 8.90. The molecule has 0 aliphatic carbocycles. The van der Waals surface area contributed by atoms with E-state index in [2.05, 4.69) is 0 Å². The van der Waals surface area contributed by atoms with E-state index in [0.29, 0.717) is 23.4 Å². The van der Waals surface area contributed by atoms with E-state index in [1.165, 1.54) is 0 Å². The Bertz CT molecular complexity index is 652. The average molecular weight is 328 g/mol. The third-order valence-corrected chi connectivity index (χ3v) is 3.95. The fourth-order valence-corrected chi connectivity index (χ4v) is 2.51. The summed E-state index contributed by atoms with van der Waals surface area (Å²) in [6.07, 6.45) is 1.25. The molecule has 0 spiro atoms. The van der Waals surface area contributed by atoms with E-state index in [9.17, 15) is 14.4 Å². The fraction of sp³-hybridized carbons (Fsp3) is 0.167. The molecule has 1 atom stereocenters. The van der Waals surface area contributed by atoms with Crippen molar-refractivity contribution in [2.75, 3.05) is 6.61 Å². The minimum absolute atomic E-state index is 0.0265. The summed E-state index contributed by atoms with van der Waals surface area (Å²) in [5, 5.41) is -0.376. The molecule has 4 nitrogen and oxygen atoms in total. The first-order valence-electron chi connectivity index (χ1n) is 7.07. The Kier molecular flexibility index (Phi) is 6.56. The molecular weight excluding hydrogens is 312 g/mol. The molecule has 0 aliphatic rings. The molecule has 0 amide bonds. The maximum atomic E-state index is 11.9. The van der Waals surface area contributed by atoms with E-state index >= 15 is 0 Å². The summed E-state index contributed by atoms with van der Waals surface area (Å²) in [6.45, 7) is -0.0265. The van der Waals surface area contributed by atoms with Gasteiger partial charge in [0.2, 0.25) is 0 Å². The molecule has 0 fully saturated rings. The molecule has 2 rings (SSSR count). The van der Waals surface area contributed by atoms with Crippen molar-refractivity contribution >= 4 is 29.4 Å². The van der Waals surface area contributed by atoms with Crippen LogP contribution in [0, 0.1) is 0 Å². The molecule has 23 heavy (non-hydrogen) atoms. The highest BCUT2D eigenvalue weighted by Gasteiger charge is 2.09. The minimum Gasteiger partial charge on any atom is -0.485 e. The quantitative estimate of drug-likeness (QED) is 0.523. The van der Waals surface area contributed by atoms with Crippen LogP contribution in [-0.2, 0) is 16.0 Å². The van der Waals surface area contributed by atoms with Gasteiger partial charge in [-0.25, -0.2) is 0 Å². The van der Waals surface area contributed by atoms with Crippen LogP contribution in [0.1, 0.15) is 15.9 Å². The summed E-state index contributed by atoms with van der Waals surface area (Å²) in [5.41, 5.74) is 2.22. The molecule has 2 aromatic carbocycles. The first kappa shape index (κ1) is 17.0. The summed E-state index contributed by atoms with van der Waals surface area (Å²) < 4.78 is 5.48. The van der Waals surface area contributed by atoms with Crippen molar-refractivity contribution in [1.29, 1.82) is 0 Å². The van der Waals surface area contributed by atoms with Crippen LogP contribution in [0.5, 0.6) is 5.75 Å². The number of hydrogen-bond acceptors (Lipinski definition) is 5. The van der Waals surface area contributed by atoms with Crippen LogP contribution in [0.15, 0.2) is 54.6 Å². The molecule has 0 aliphatic heterocycles. The van der Waals surface area contributed by atoms with Crippen LogP contribution in [0.3, 0.4) is 0 Å². The van der Waals surface area contributed by atoms with Gasteiger partial charge in [-0.2, -0.15) is 0 Å². The Labute approximate surface area is 138 Å². The molecule has 0 heterocycles. The molecule has 0 N–H and O–H groups in total. The van der Waals surface area contributed by atoms with E-state index in [1.807, 2.05) is 30.3 Å². The number of ketones is 1. The lowest BCUT2D eigenvalue weighted by Gasteiger charge is -2.08. The largest absolute Gasteiger partial charge is 0.485 e. The van der Waals surface area contributed by atoms with Gasteiger partial charge >= 0.3 is 0 Å². The number of rotatable bonds is 9. The molecule has 0 bridgehead atoms. The van der Waals surface area contributed by atoms with Gasteiger partial charge in [0, 0.05) is 5.56 Å². The Morgan fingerprint density at radius 2 is 1.74 bits per heavy atom. The Morgan fingerprint density at radius 1 is 1.04 bits per heavy atom. The summed E-state index contributed by atoms with van der Waals surface area (Å²) >= 11 is 0.963. The molecule has 2 aromatic rings. The Morgan fingerprint density at radius 3 is 2.35 bits per heavy atom. The number of carbonyl (C=O) groups excluding carboxylic acids is 3. The lowest BCUT2D eigenvalue weighted by atomic mass is 10.1. The number of ether oxygens (including phenoxy) is 1. The van der Waals surface area contributed by atoms with Crippen LogP contribution >= 0.6 is 11.8 Å². The normalized spacial score (nSPS) is 11.5. The van der Waals surface area contributed by atoms with Crippen LogP contribution in [-0.4, -0.2) is 29.5 Å². The highest BCUT2D eigenvalue weighted by molar-refractivity contribution is 8.12. The van der Waals surface area contributed by atoms with Gasteiger partial charge in [-0.05, 0) is 24.1 Å². The number of thioether (sulfide) groups is 1. The van der Waals surface area contributed by atoms with Gasteiger partial charge in [0.05, 0.1) is 5.25 Å². The van der Waals surface area contributed by atoms with Gasteiger partial charge in [0.25, 0.3) is 0 Å². The van der Waals surface area contributed by atoms with Crippen molar-refractivity contribution in [2.45, 2.75) is 11.7 Å². The Balaban J connectivity index is 1.88. The molecule has 5 heteroatoms. The zero-order valence-electron chi connectivity index (χ0n) is 12.4. The minimum atomic E-state index is -0.376. The molecule has 0 radical (unpaired) electrons.